The molecule has 0 spiro atoms. The van der Waals surface area contributed by atoms with Gasteiger partial charge in [0.2, 0.25) is 0 Å². The van der Waals surface area contributed by atoms with Gasteiger partial charge in [-0.1, -0.05) is 5.21 Å². The maximum atomic E-state index is 12.2. The highest BCUT2D eigenvalue weighted by Crippen LogP contribution is 2.34. The summed E-state index contributed by atoms with van der Waals surface area (Å²) in [5.41, 5.74) is -0.627. The second-order valence-electron chi connectivity index (χ2n) is 8.48. The molecule has 0 radical (unpaired) electrons. The molecule has 0 saturated carbocycles. The van der Waals surface area contributed by atoms with Gasteiger partial charge in [-0.15, -0.1) is 5.10 Å². The molecule has 1 aliphatic rings. The van der Waals surface area contributed by atoms with Gasteiger partial charge in [0.1, 0.15) is 18.4 Å². The van der Waals surface area contributed by atoms with Crippen molar-refractivity contribution in [3.8, 4) is 0 Å². The Labute approximate surface area is 214 Å². The molecule has 1 saturated heterocycles. The summed E-state index contributed by atoms with van der Waals surface area (Å²) >= 11 is 0. The van der Waals surface area contributed by atoms with Crippen LogP contribution in [-0.2, 0) is 49.4 Å². The topological polar surface area (TPSA) is 200 Å². The Kier molecular flexibility index (Phi) is 8.77. The maximum absolute atomic E-state index is 12.2. The van der Waals surface area contributed by atoms with Crippen LogP contribution in [0.5, 0.6) is 0 Å². The average Bonchev–Trinajstić information content (AvgIpc) is 3.26. The Morgan fingerprint density at radius 2 is 1.53 bits per heavy atom. The van der Waals surface area contributed by atoms with Crippen molar-refractivity contribution in [2.45, 2.75) is 71.8 Å². The van der Waals surface area contributed by atoms with E-state index in [1.807, 2.05) is 0 Å². The van der Waals surface area contributed by atoms with Crippen LogP contribution in [0.15, 0.2) is 22.0 Å². The highest BCUT2D eigenvalue weighted by molar-refractivity contribution is 5.68. The van der Waals surface area contributed by atoms with Gasteiger partial charge in [0.25, 0.3) is 5.56 Å². The predicted octanol–water partition coefficient (Wildman–Crippen LogP) is -1.26. The van der Waals surface area contributed by atoms with Crippen molar-refractivity contribution in [3.63, 3.8) is 0 Å². The van der Waals surface area contributed by atoms with Crippen molar-refractivity contribution in [1.82, 2.24) is 24.5 Å². The first kappa shape index (κ1) is 28.2. The standard InChI is InChI=1S/C22H27N5O11/c1-10-6-26(22(33)23-20(10)32)7-15-8-27(25-24-15)21-19(37-14(5)31)18(36-13(4)30)17(35-12(3)29)16(38-21)9-34-11(2)28/h6,8,16-19,21H,7,9H2,1-5H3,(H,23,32,33)/t16-,17-,18+,19-,21-/m1/s1. The van der Waals surface area contributed by atoms with E-state index in [4.69, 9.17) is 23.7 Å². The monoisotopic (exact) mass is 537 g/mol. The van der Waals surface area contributed by atoms with Crippen molar-refractivity contribution in [2.24, 2.45) is 0 Å². The summed E-state index contributed by atoms with van der Waals surface area (Å²) in [6.07, 6.45) is -3.78. The number of carbonyl (C=O) groups excluding carboxylic acids is 4. The Balaban J connectivity index is 2.01. The number of nitrogens with one attached hydrogen (secondary N) is 1. The molecule has 2 aromatic heterocycles. The lowest BCUT2D eigenvalue weighted by Gasteiger charge is -2.44. The molecule has 3 rings (SSSR count). The molecule has 0 bridgehead atoms. The molecule has 0 unspecified atom stereocenters. The Hall–Kier alpha value is -4.34. The first-order valence-corrected chi connectivity index (χ1v) is 11.4. The average molecular weight is 537 g/mol. The van der Waals surface area contributed by atoms with Crippen LogP contribution < -0.4 is 11.2 Å². The lowest BCUT2D eigenvalue weighted by Crippen LogP contribution is -2.60. The van der Waals surface area contributed by atoms with Gasteiger partial charge >= 0.3 is 29.6 Å². The third kappa shape index (κ3) is 6.90. The summed E-state index contributed by atoms with van der Waals surface area (Å²) in [5.74, 6) is -2.95. The van der Waals surface area contributed by atoms with Crippen LogP contribution in [0.4, 0.5) is 0 Å². The fourth-order valence-electron chi connectivity index (χ4n) is 3.84. The molecule has 3 heterocycles. The summed E-state index contributed by atoms with van der Waals surface area (Å²) in [7, 11) is 0. The number of ether oxygens (including phenoxy) is 5. The van der Waals surface area contributed by atoms with Gasteiger partial charge in [0.05, 0.1) is 12.7 Å². The number of H-pyrrole nitrogens is 1. The van der Waals surface area contributed by atoms with Crippen molar-refractivity contribution >= 4 is 23.9 Å². The van der Waals surface area contributed by atoms with Gasteiger partial charge < -0.3 is 23.7 Å². The molecule has 16 heteroatoms. The predicted molar refractivity (Wildman–Crippen MR) is 122 cm³/mol. The number of hydrogen-bond donors (Lipinski definition) is 1. The zero-order valence-electron chi connectivity index (χ0n) is 21.2. The van der Waals surface area contributed by atoms with Crippen LogP contribution in [0.1, 0.15) is 45.2 Å². The number of rotatable bonds is 8. The van der Waals surface area contributed by atoms with E-state index in [0.29, 0.717) is 5.56 Å². The van der Waals surface area contributed by atoms with E-state index in [1.54, 1.807) is 0 Å². The van der Waals surface area contributed by atoms with Crippen molar-refractivity contribution in [1.29, 1.82) is 0 Å². The molecule has 0 amide bonds. The Morgan fingerprint density at radius 1 is 0.921 bits per heavy atom. The first-order valence-electron chi connectivity index (χ1n) is 11.4. The molecular weight excluding hydrogens is 510 g/mol. The minimum atomic E-state index is -1.38. The van der Waals surface area contributed by atoms with Gasteiger partial charge in [-0.25, -0.2) is 9.48 Å². The van der Waals surface area contributed by atoms with Crippen LogP contribution in [0.25, 0.3) is 0 Å². The molecule has 16 nitrogen and oxygen atoms in total. The highest BCUT2D eigenvalue weighted by atomic mass is 16.7. The lowest BCUT2D eigenvalue weighted by atomic mass is 9.97. The number of aromatic nitrogens is 5. The Morgan fingerprint density at radius 3 is 2.13 bits per heavy atom. The largest absolute Gasteiger partial charge is 0.463 e. The Bertz CT molecular complexity index is 1330. The zero-order valence-corrected chi connectivity index (χ0v) is 21.2. The highest BCUT2D eigenvalue weighted by Gasteiger charge is 2.53. The lowest BCUT2D eigenvalue weighted by molar-refractivity contribution is -0.270. The second kappa shape index (κ2) is 11.8. The zero-order chi connectivity index (χ0) is 28.1. The summed E-state index contributed by atoms with van der Waals surface area (Å²) < 4.78 is 29.6. The molecular formula is C22H27N5O11. The molecule has 1 fully saturated rings. The molecule has 0 aromatic carbocycles. The van der Waals surface area contributed by atoms with Crippen LogP contribution in [0.3, 0.4) is 0 Å². The molecule has 1 aliphatic heterocycles. The fourth-order valence-corrected chi connectivity index (χ4v) is 3.84. The molecule has 0 aliphatic carbocycles. The molecule has 206 valence electrons. The minimum absolute atomic E-state index is 0.0816. The van der Waals surface area contributed by atoms with Gasteiger partial charge in [-0.3, -0.25) is 33.5 Å². The van der Waals surface area contributed by atoms with Gasteiger partial charge in [-0.05, 0) is 6.92 Å². The number of hydrogen-bond acceptors (Lipinski definition) is 13. The summed E-state index contributed by atoms with van der Waals surface area (Å²) in [6.45, 7) is 5.55. The van der Waals surface area contributed by atoms with E-state index >= 15 is 0 Å². The smallest absolute Gasteiger partial charge is 0.328 e. The molecule has 38 heavy (non-hydrogen) atoms. The third-order valence-corrected chi connectivity index (χ3v) is 5.31. The van der Waals surface area contributed by atoms with E-state index in [1.165, 1.54) is 23.9 Å². The van der Waals surface area contributed by atoms with Crippen molar-refractivity contribution in [2.75, 3.05) is 6.61 Å². The quantitative estimate of drug-likeness (QED) is 0.309. The van der Waals surface area contributed by atoms with Crippen LogP contribution >= 0.6 is 0 Å². The number of aryl methyl sites for hydroxylation is 1. The fraction of sp³-hybridized carbons (Fsp3) is 0.545. The van der Waals surface area contributed by atoms with Crippen molar-refractivity contribution in [3.05, 3.63) is 44.5 Å². The van der Waals surface area contributed by atoms with Gasteiger partial charge in [0, 0.05) is 39.5 Å². The van der Waals surface area contributed by atoms with Gasteiger partial charge in [0.15, 0.2) is 24.5 Å². The number of esters is 4. The van der Waals surface area contributed by atoms with Crippen molar-refractivity contribution < 1.29 is 42.9 Å². The van der Waals surface area contributed by atoms with E-state index in [9.17, 15) is 28.8 Å². The van der Waals surface area contributed by atoms with E-state index < -0.39 is 72.4 Å². The summed E-state index contributed by atoms with van der Waals surface area (Å²) in [6, 6.07) is 0. The second-order valence-corrected chi connectivity index (χ2v) is 8.48. The molecule has 2 aromatic rings. The van der Waals surface area contributed by atoms with E-state index in [-0.39, 0.29) is 12.2 Å². The van der Waals surface area contributed by atoms with Crippen LogP contribution in [0.2, 0.25) is 0 Å². The first-order chi connectivity index (χ1) is 17.8. The molecule has 1 N–H and O–H groups in total. The number of nitrogens with zero attached hydrogens (tertiary/aromatic N) is 4. The minimum Gasteiger partial charge on any atom is -0.463 e. The van der Waals surface area contributed by atoms with Gasteiger partial charge in [-0.2, -0.15) is 0 Å². The van der Waals surface area contributed by atoms with Crippen LogP contribution in [-0.4, -0.2) is 79.4 Å². The van der Waals surface area contributed by atoms with Crippen LogP contribution in [0, 0.1) is 6.92 Å². The summed E-state index contributed by atoms with van der Waals surface area (Å²) in [5, 5.41) is 8.01. The SMILES string of the molecule is CC(=O)OC[C@H]1O[C@@H](n2cc(Cn3cc(C)c(=O)[nH]c3=O)nn2)[C@H](OC(C)=O)[C@@H](OC(C)=O)[C@@H]1OC(C)=O. The normalized spacial score (nSPS) is 22.8. The molecule has 5 atom stereocenters. The van der Waals surface area contributed by atoms with E-state index in [0.717, 1.165) is 32.4 Å². The number of carbonyl (C=O) groups is 4. The van der Waals surface area contributed by atoms with E-state index in [2.05, 4.69) is 15.3 Å². The number of aromatic amines is 1. The summed E-state index contributed by atoms with van der Waals surface area (Å²) in [4.78, 5) is 73.2. The third-order valence-electron chi connectivity index (χ3n) is 5.31. The maximum Gasteiger partial charge on any atom is 0.328 e.